The molecule has 1 fully saturated rings. The normalized spacial score (nSPS) is 26.4. The Morgan fingerprint density at radius 2 is 1.17 bits per heavy atom. The average molecular weight is 264 g/mol. The van der Waals surface area contributed by atoms with E-state index in [-0.39, 0.29) is 12.1 Å². The quantitative estimate of drug-likeness (QED) is 0.343. The zero-order chi connectivity index (χ0) is 14.3. The smallest absolute Gasteiger partial charge is 0.335 e. The number of nitrogens with two attached hydrogens (primary N) is 2. The van der Waals surface area contributed by atoms with Crippen LogP contribution in [0.5, 0.6) is 0 Å². The van der Waals surface area contributed by atoms with Gasteiger partial charge in [-0.05, 0) is 12.8 Å². The number of hydrogen-bond acceptors (Lipinski definition) is 6. The van der Waals surface area contributed by atoms with Crippen molar-refractivity contribution in [3.8, 4) is 0 Å². The highest BCUT2D eigenvalue weighted by atomic mass is 16.4. The molecule has 0 radical (unpaired) electrons. The average Bonchev–Trinajstić information content (AvgIpc) is 2.31. The number of rotatable bonds is 3. The summed E-state index contributed by atoms with van der Waals surface area (Å²) >= 11 is 0. The summed E-state index contributed by atoms with van der Waals surface area (Å²) in [6.45, 7) is 0. The summed E-state index contributed by atoms with van der Waals surface area (Å²) in [5.74, 6) is -3.54. The lowest BCUT2D eigenvalue weighted by molar-refractivity contribution is -0.165. The van der Waals surface area contributed by atoms with Crippen LogP contribution in [0, 0.1) is 0 Å². The highest BCUT2D eigenvalue weighted by Gasteiger charge is 2.29. The molecule has 1 aliphatic carbocycles. The molecular formula is C10H20N2O6. The van der Waals surface area contributed by atoms with Gasteiger partial charge in [0.15, 0.2) is 12.2 Å². The molecule has 18 heavy (non-hydrogen) atoms. The van der Waals surface area contributed by atoms with Gasteiger partial charge >= 0.3 is 11.9 Å². The zero-order valence-corrected chi connectivity index (χ0v) is 9.90. The monoisotopic (exact) mass is 264 g/mol. The van der Waals surface area contributed by atoms with Crippen LogP contribution >= 0.6 is 0 Å². The second kappa shape index (κ2) is 7.98. The molecule has 1 aliphatic rings. The van der Waals surface area contributed by atoms with Gasteiger partial charge in [-0.3, -0.25) is 0 Å². The van der Waals surface area contributed by atoms with E-state index in [2.05, 4.69) is 0 Å². The molecular weight excluding hydrogens is 244 g/mol. The highest BCUT2D eigenvalue weighted by Crippen LogP contribution is 2.14. The maximum absolute atomic E-state index is 9.77. The van der Waals surface area contributed by atoms with Gasteiger partial charge < -0.3 is 31.9 Å². The Labute approximate surface area is 104 Å². The summed E-state index contributed by atoms with van der Waals surface area (Å²) in [6, 6.07) is 0.562. The van der Waals surface area contributed by atoms with Gasteiger partial charge in [-0.1, -0.05) is 12.8 Å². The number of aliphatic carboxylic acids is 2. The molecule has 0 amide bonds. The minimum Gasteiger partial charge on any atom is -0.479 e. The second-order valence-electron chi connectivity index (χ2n) is 4.18. The fourth-order valence-electron chi connectivity index (χ4n) is 1.46. The Bertz CT molecular complexity index is 258. The third-order valence-electron chi connectivity index (χ3n) is 2.68. The highest BCUT2D eigenvalue weighted by molar-refractivity contribution is 5.83. The predicted molar refractivity (Wildman–Crippen MR) is 61.7 cm³/mol. The fraction of sp³-hybridized carbons (Fsp3) is 0.800. The van der Waals surface area contributed by atoms with Gasteiger partial charge in [0, 0.05) is 12.1 Å². The van der Waals surface area contributed by atoms with E-state index in [1.807, 2.05) is 0 Å². The molecule has 1 rings (SSSR count). The molecule has 0 saturated heterocycles. The van der Waals surface area contributed by atoms with Crippen molar-refractivity contribution in [1.82, 2.24) is 0 Å². The molecule has 1 saturated carbocycles. The zero-order valence-electron chi connectivity index (χ0n) is 9.90. The Balaban J connectivity index is 0.000000327. The summed E-state index contributed by atoms with van der Waals surface area (Å²) in [7, 11) is 0. The molecule has 8 heteroatoms. The van der Waals surface area contributed by atoms with Gasteiger partial charge in [-0.25, -0.2) is 9.59 Å². The molecule has 0 aliphatic heterocycles. The third kappa shape index (κ3) is 5.92. The van der Waals surface area contributed by atoms with Gasteiger partial charge in [-0.15, -0.1) is 0 Å². The largest absolute Gasteiger partial charge is 0.479 e. The van der Waals surface area contributed by atoms with Crippen LogP contribution in [0.4, 0.5) is 0 Å². The summed E-state index contributed by atoms with van der Waals surface area (Å²) in [5, 5.41) is 32.5. The van der Waals surface area contributed by atoms with Crippen LogP contribution in [0.1, 0.15) is 25.7 Å². The van der Waals surface area contributed by atoms with Gasteiger partial charge in [0.05, 0.1) is 0 Å². The maximum Gasteiger partial charge on any atom is 0.335 e. The Kier molecular flexibility index (Phi) is 7.44. The van der Waals surface area contributed by atoms with E-state index in [0.717, 1.165) is 12.8 Å². The summed E-state index contributed by atoms with van der Waals surface area (Å²) in [6.07, 6.45) is 0.265. The number of aliphatic hydroxyl groups excluding tert-OH is 2. The van der Waals surface area contributed by atoms with Crippen molar-refractivity contribution in [3.05, 3.63) is 0 Å². The van der Waals surface area contributed by atoms with Crippen molar-refractivity contribution in [2.75, 3.05) is 0 Å². The Morgan fingerprint density at radius 1 is 0.889 bits per heavy atom. The SMILES string of the molecule is N[C@H]1CCCC[C@@H]1N.O=C(O)C(O)C(O)C(=O)O. The van der Waals surface area contributed by atoms with Crippen molar-refractivity contribution in [1.29, 1.82) is 0 Å². The van der Waals surface area contributed by atoms with Crippen LogP contribution in [-0.4, -0.2) is 56.7 Å². The lowest BCUT2D eigenvalue weighted by Gasteiger charge is -2.24. The molecule has 0 bridgehead atoms. The lowest BCUT2D eigenvalue weighted by Crippen LogP contribution is -2.43. The molecule has 0 spiro atoms. The molecule has 8 nitrogen and oxygen atoms in total. The van der Waals surface area contributed by atoms with Crippen molar-refractivity contribution in [3.63, 3.8) is 0 Å². The van der Waals surface area contributed by atoms with E-state index >= 15 is 0 Å². The van der Waals surface area contributed by atoms with E-state index in [0.29, 0.717) is 0 Å². The van der Waals surface area contributed by atoms with Gasteiger partial charge in [-0.2, -0.15) is 0 Å². The van der Waals surface area contributed by atoms with Crippen molar-refractivity contribution < 1.29 is 30.0 Å². The van der Waals surface area contributed by atoms with Crippen molar-refractivity contribution in [2.45, 2.75) is 50.0 Å². The molecule has 0 aromatic carbocycles. The number of hydrogen-bond donors (Lipinski definition) is 6. The lowest BCUT2D eigenvalue weighted by atomic mass is 9.92. The van der Waals surface area contributed by atoms with E-state index in [1.54, 1.807) is 0 Å². The number of carboxylic acids is 2. The van der Waals surface area contributed by atoms with E-state index in [4.69, 9.17) is 31.9 Å². The second-order valence-corrected chi connectivity index (χ2v) is 4.18. The van der Waals surface area contributed by atoms with E-state index in [9.17, 15) is 9.59 Å². The van der Waals surface area contributed by atoms with Gasteiger partial charge in [0.1, 0.15) is 0 Å². The van der Waals surface area contributed by atoms with Crippen LogP contribution in [-0.2, 0) is 9.59 Å². The fourth-order valence-corrected chi connectivity index (χ4v) is 1.46. The van der Waals surface area contributed by atoms with Crippen LogP contribution in [0.15, 0.2) is 0 Å². The molecule has 0 heterocycles. The molecule has 2 unspecified atom stereocenters. The first-order chi connectivity index (χ1) is 8.27. The Hall–Kier alpha value is -1.22. The maximum atomic E-state index is 9.77. The van der Waals surface area contributed by atoms with E-state index < -0.39 is 24.1 Å². The molecule has 0 aromatic heterocycles. The predicted octanol–water partition coefficient (Wildman–Crippen LogP) is -1.91. The summed E-state index contributed by atoms with van der Waals surface area (Å²) < 4.78 is 0. The number of carboxylic acid groups (broad SMARTS) is 2. The van der Waals surface area contributed by atoms with Crippen molar-refractivity contribution >= 4 is 11.9 Å². The van der Waals surface area contributed by atoms with Crippen LogP contribution < -0.4 is 11.5 Å². The molecule has 0 aromatic rings. The minimum atomic E-state index is -2.27. The van der Waals surface area contributed by atoms with Crippen molar-refractivity contribution in [2.24, 2.45) is 11.5 Å². The Morgan fingerprint density at radius 3 is 1.33 bits per heavy atom. The minimum absolute atomic E-state index is 0.281. The molecule has 4 atom stereocenters. The van der Waals surface area contributed by atoms with E-state index in [1.165, 1.54) is 12.8 Å². The molecule has 8 N–H and O–H groups in total. The standard InChI is InChI=1S/C6H14N2.C4H6O6/c7-5-3-1-2-4-6(5)8;5-1(3(7)8)2(6)4(9)10/h5-6H,1-4,7-8H2;1-2,5-6H,(H,7,8)(H,9,10)/t5-,6-;/m0./s1. The first kappa shape index (κ1) is 16.8. The molecule has 106 valence electrons. The van der Waals surface area contributed by atoms with Crippen LogP contribution in [0.3, 0.4) is 0 Å². The van der Waals surface area contributed by atoms with Gasteiger partial charge in [0.2, 0.25) is 0 Å². The first-order valence-corrected chi connectivity index (χ1v) is 5.60. The van der Waals surface area contributed by atoms with Gasteiger partial charge in [0.25, 0.3) is 0 Å². The first-order valence-electron chi connectivity index (χ1n) is 5.60. The third-order valence-corrected chi connectivity index (χ3v) is 2.68. The topological polar surface area (TPSA) is 167 Å². The summed E-state index contributed by atoms with van der Waals surface area (Å²) in [4.78, 5) is 19.5. The summed E-state index contributed by atoms with van der Waals surface area (Å²) in [5.41, 5.74) is 11.3. The number of aliphatic hydroxyl groups is 2. The van der Waals surface area contributed by atoms with Crippen LogP contribution in [0.2, 0.25) is 0 Å². The van der Waals surface area contributed by atoms with Crippen LogP contribution in [0.25, 0.3) is 0 Å². The number of carbonyl (C=O) groups is 2.